The van der Waals surface area contributed by atoms with Gasteiger partial charge in [-0.05, 0) is 56.3 Å². The third-order valence-electron chi connectivity index (χ3n) is 5.71. The molecule has 1 N–H and O–H groups in total. The SMILES string of the molecule is CNC(=O)[C@H](C)N(Cc1ccccc1F)C(=O)CN(c1ccc(C)cc1)S(=O)(=O)c1ccc(F)cc1. The van der Waals surface area contributed by atoms with E-state index in [1.54, 1.807) is 30.3 Å². The number of carbonyl (C=O) groups excluding carboxylic acids is 2. The quantitative estimate of drug-likeness (QED) is 0.472. The Morgan fingerprint density at radius 2 is 1.56 bits per heavy atom. The first-order valence-corrected chi connectivity index (χ1v) is 12.6. The molecule has 0 fully saturated rings. The first-order valence-electron chi connectivity index (χ1n) is 11.1. The second-order valence-corrected chi connectivity index (χ2v) is 10.1. The topological polar surface area (TPSA) is 86.8 Å². The lowest BCUT2D eigenvalue weighted by Gasteiger charge is -2.31. The fourth-order valence-electron chi connectivity index (χ4n) is 3.58. The number of nitrogens with one attached hydrogen (secondary N) is 1. The normalized spacial score (nSPS) is 12.0. The lowest BCUT2D eigenvalue weighted by molar-refractivity contribution is -0.139. The smallest absolute Gasteiger partial charge is 0.264 e. The van der Waals surface area contributed by atoms with Crippen LogP contribution in [0.5, 0.6) is 0 Å². The number of rotatable bonds is 9. The van der Waals surface area contributed by atoms with E-state index in [0.29, 0.717) is 0 Å². The highest BCUT2D eigenvalue weighted by molar-refractivity contribution is 7.92. The third kappa shape index (κ3) is 6.06. The van der Waals surface area contributed by atoms with Crippen LogP contribution in [0.3, 0.4) is 0 Å². The molecule has 0 radical (unpaired) electrons. The Kier molecular flexibility index (Phi) is 8.41. The minimum Gasteiger partial charge on any atom is -0.357 e. The minimum atomic E-state index is -4.30. The molecule has 2 amide bonds. The van der Waals surface area contributed by atoms with Crippen LogP contribution in [0.2, 0.25) is 0 Å². The summed E-state index contributed by atoms with van der Waals surface area (Å²) >= 11 is 0. The van der Waals surface area contributed by atoms with E-state index in [1.165, 1.54) is 32.2 Å². The van der Waals surface area contributed by atoms with Crippen LogP contribution >= 0.6 is 0 Å². The van der Waals surface area contributed by atoms with Gasteiger partial charge in [0.2, 0.25) is 11.8 Å². The van der Waals surface area contributed by atoms with Gasteiger partial charge in [-0.3, -0.25) is 13.9 Å². The number of benzene rings is 3. The van der Waals surface area contributed by atoms with E-state index in [-0.39, 0.29) is 22.7 Å². The summed E-state index contributed by atoms with van der Waals surface area (Å²) in [5, 5.41) is 2.46. The molecule has 190 valence electrons. The summed E-state index contributed by atoms with van der Waals surface area (Å²) in [6.45, 7) is 2.38. The van der Waals surface area contributed by atoms with Gasteiger partial charge in [-0.25, -0.2) is 17.2 Å². The molecular weight excluding hydrogens is 488 g/mol. The van der Waals surface area contributed by atoms with E-state index >= 15 is 0 Å². The Balaban J connectivity index is 2.03. The van der Waals surface area contributed by atoms with Gasteiger partial charge in [0.05, 0.1) is 10.6 Å². The van der Waals surface area contributed by atoms with Crippen molar-refractivity contribution in [2.75, 3.05) is 17.9 Å². The van der Waals surface area contributed by atoms with Crippen LogP contribution in [0.1, 0.15) is 18.1 Å². The highest BCUT2D eigenvalue weighted by Gasteiger charge is 2.32. The molecular formula is C26H27F2N3O4S. The van der Waals surface area contributed by atoms with Gasteiger partial charge < -0.3 is 10.2 Å². The van der Waals surface area contributed by atoms with Crippen LogP contribution in [0, 0.1) is 18.6 Å². The summed E-state index contributed by atoms with van der Waals surface area (Å²) in [6, 6.07) is 15.5. The lowest BCUT2D eigenvalue weighted by atomic mass is 10.1. The third-order valence-corrected chi connectivity index (χ3v) is 7.50. The highest BCUT2D eigenvalue weighted by atomic mass is 32.2. The zero-order chi connectivity index (χ0) is 26.5. The van der Waals surface area contributed by atoms with Crippen molar-refractivity contribution >= 4 is 27.5 Å². The van der Waals surface area contributed by atoms with Crippen molar-refractivity contribution in [3.8, 4) is 0 Å². The first kappa shape index (κ1) is 26.8. The molecule has 36 heavy (non-hydrogen) atoms. The number of sulfonamides is 1. The fourth-order valence-corrected chi connectivity index (χ4v) is 4.99. The van der Waals surface area contributed by atoms with Crippen molar-refractivity contribution in [3.63, 3.8) is 0 Å². The van der Waals surface area contributed by atoms with Gasteiger partial charge in [0, 0.05) is 19.2 Å². The number of amides is 2. The molecule has 3 aromatic rings. The molecule has 0 aliphatic rings. The monoisotopic (exact) mass is 515 g/mol. The van der Waals surface area contributed by atoms with Crippen molar-refractivity contribution in [1.29, 1.82) is 0 Å². The lowest BCUT2D eigenvalue weighted by Crippen LogP contribution is -2.50. The zero-order valence-electron chi connectivity index (χ0n) is 20.1. The number of anilines is 1. The van der Waals surface area contributed by atoms with E-state index < -0.39 is 46.1 Å². The maximum Gasteiger partial charge on any atom is 0.264 e. The van der Waals surface area contributed by atoms with Crippen molar-refractivity contribution < 1.29 is 26.8 Å². The summed E-state index contributed by atoms with van der Waals surface area (Å²) in [4.78, 5) is 26.9. The largest absolute Gasteiger partial charge is 0.357 e. The van der Waals surface area contributed by atoms with E-state index in [2.05, 4.69) is 5.32 Å². The Morgan fingerprint density at radius 1 is 0.944 bits per heavy atom. The molecule has 0 aromatic heterocycles. The molecule has 0 spiro atoms. The van der Waals surface area contributed by atoms with E-state index in [0.717, 1.165) is 39.0 Å². The highest BCUT2D eigenvalue weighted by Crippen LogP contribution is 2.25. The van der Waals surface area contributed by atoms with Crippen LogP contribution in [0.25, 0.3) is 0 Å². The van der Waals surface area contributed by atoms with Gasteiger partial charge in [0.1, 0.15) is 24.2 Å². The van der Waals surface area contributed by atoms with Crippen LogP contribution < -0.4 is 9.62 Å². The van der Waals surface area contributed by atoms with E-state index in [1.807, 2.05) is 6.92 Å². The summed E-state index contributed by atoms with van der Waals surface area (Å²) in [5.74, 6) is -2.39. The van der Waals surface area contributed by atoms with Crippen molar-refractivity contribution in [3.05, 3.63) is 95.6 Å². The molecule has 0 saturated carbocycles. The average Bonchev–Trinajstić information content (AvgIpc) is 2.86. The van der Waals surface area contributed by atoms with Crippen LogP contribution in [0.4, 0.5) is 14.5 Å². The van der Waals surface area contributed by atoms with Crippen molar-refractivity contribution in [1.82, 2.24) is 10.2 Å². The van der Waals surface area contributed by atoms with Crippen LogP contribution in [-0.2, 0) is 26.2 Å². The summed E-state index contributed by atoms with van der Waals surface area (Å²) in [7, 11) is -2.90. The predicted molar refractivity (Wildman–Crippen MR) is 133 cm³/mol. The number of nitrogens with zero attached hydrogens (tertiary/aromatic N) is 2. The minimum absolute atomic E-state index is 0.171. The molecule has 0 saturated heterocycles. The van der Waals surface area contributed by atoms with E-state index in [9.17, 15) is 26.8 Å². The van der Waals surface area contributed by atoms with Gasteiger partial charge >= 0.3 is 0 Å². The number of carbonyl (C=O) groups is 2. The van der Waals surface area contributed by atoms with Gasteiger partial charge in [-0.1, -0.05) is 35.9 Å². The van der Waals surface area contributed by atoms with Crippen molar-refractivity contribution in [2.45, 2.75) is 31.3 Å². The maximum absolute atomic E-state index is 14.4. The molecule has 0 bridgehead atoms. The summed E-state index contributed by atoms with van der Waals surface area (Å²) < 4.78 is 55.9. The number of hydrogen-bond donors (Lipinski definition) is 1. The Morgan fingerprint density at radius 3 is 2.14 bits per heavy atom. The number of aryl methyl sites for hydroxylation is 1. The van der Waals surface area contributed by atoms with Gasteiger partial charge in [-0.15, -0.1) is 0 Å². The number of halogens is 2. The number of hydrogen-bond acceptors (Lipinski definition) is 4. The molecule has 3 rings (SSSR count). The molecule has 3 aromatic carbocycles. The molecule has 0 aliphatic heterocycles. The molecule has 7 nitrogen and oxygen atoms in total. The fraction of sp³-hybridized carbons (Fsp3) is 0.231. The number of likely N-dealkylation sites (N-methyl/N-ethyl adjacent to an activating group) is 1. The Bertz CT molecular complexity index is 1330. The van der Waals surface area contributed by atoms with Gasteiger partial charge in [0.25, 0.3) is 10.0 Å². The van der Waals surface area contributed by atoms with Crippen LogP contribution in [-0.4, -0.2) is 44.8 Å². The predicted octanol–water partition coefficient (Wildman–Crippen LogP) is 3.63. The molecule has 1 atom stereocenters. The molecule has 0 heterocycles. The standard InChI is InChI=1S/C26H27F2N3O4S/c1-18-8-12-22(13-9-18)31(36(34,35)23-14-10-21(27)11-15-23)17-25(32)30(19(2)26(33)29-3)16-20-6-4-5-7-24(20)28/h4-15,19H,16-17H2,1-3H3,(H,29,33)/t19-/m0/s1. The van der Waals surface area contributed by atoms with Crippen LogP contribution in [0.15, 0.2) is 77.7 Å². The average molecular weight is 516 g/mol. The Hall–Kier alpha value is -3.79. The van der Waals surface area contributed by atoms with Gasteiger partial charge in [0.15, 0.2) is 0 Å². The Labute approximate surface area is 209 Å². The summed E-state index contributed by atoms with van der Waals surface area (Å²) in [5.41, 5.74) is 1.25. The second kappa shape index (κ2) is 11.3. The second-order valence-electron chi connectivity index (χ2n) is 8.20. The zero-order valence-corrected chi connectivity index (χ0v) is 20.9. The maximum atomic E-state index is 14.4. The van der Waals surface area contributed by atoms with Gasteiger partial charge in [-0.2, -0.15) is 0 Å². The summed E-state index contributed by atoms with van der Waals surface area (Å²) in [6.07, 6.45) is 0. The molecule has 10 heteroatoms. The van der Waals surface area contributed by atoms with Crippen molar-refractivity contribution in [2.24, 2.45) is 0 Å². The van der Waals surface area contributed by atoms with E-state index in [4.69, 9.17) is 0 Å². The first-order chi connectivity index (χ1) is 17.0. The molecule has 0 aliphatic carbocycles. The molecule has 0 unspecified atom stereocenters.